The number of aromatic nitrogens is 2. The SMILES string of the molecule is NNc1cc(N2CCCC3CCCC32)nc(N)n1. The van der Waals surface area contributed by atoms with E-state index in [1.54, 1.807) is 0 Å². The van der Waals surface area contributed by atoms with Crippen LogP contribution in [0.5, 0.6) is 0 Å². The highest BCUT2D eigenvalue weighted by molar-refractivity contribution is 5.53. The molecule has 0 spiro atoms. The van der Waals surface area contributed by atoms with Crippen LogP contribution in [0.3, 0.4) is 0 Å². The molecule has 6 nitrogen and oxygen atoms in total. The topological polar surface area (TPSA) is 93.1 Å². The summed E-state index contributed by atoms with van der Waals surface area (Å²) >= 11 is 0. The maximum absolute atomic E-state index is 5.73. The van der Waals surface area contributed by atoms with Gasteiger partial charge in [-0.05, 0) is 31.6 Å². The fraction of sp³-hybridized carbons (Fsp3) is 0.667. The molecule has 0 radical (unpaired) electrons. The molecule has 0 aromatic carbocycles. The molecule has 1 aromatic rings. The summed E-state index contributed by atoms with van der Waals surface area (Å²) in [6, 6.07) is 2.51. The number of anilines is 3. The second-order valence-electron chi connectivity index (χ2n) is 5.21. The van der Waals surface area contributed by atoms with Gasteiger partial charge in [-0.1, -0.05) is 6.42 Å². The molecule has 1 saturated carbocycles. The number of nitrogens with two attached hydrogens (primary N) is 2. The summed E-state index contributed by atoms with van der Waals surface area (Å²) in [5.74, 6) is 8.00. The Labute approximate surface area is 107 Å². The highest BCUT2D eigenvalue weighted by Gasteiger charge is 2.35. The molecule has 2 unspecified atom stereocenters. The number of fused-ring (bicyclic) bond motifs is 1. The molecule has 1 aliphatic heterocycles. The first-order chi connectivity index (χ1) is 8.78. The second-order valence-corrected chi connectivity index (χ2v) is 5.21. The van der Waals surface area contributed by atoms with Crippen molar-refractivity contribution in [3.8, 4) is 0 Å². The van der Waals surface area contributed by atoms with Gasteiger partial charge in [0.25, 0.3) is 0 Å². The molecular weight excluding hydrogens is 228 g/mol. The zero-order valence-electron chi connectivity index (χ0n) is 10.5. The lowest BCUT2D eigenvalue weighted by molar-refractivity contribution is 0.360. The third-order valence-electron chi connectivity index (χ3n) is 4.17. The van der Waals surface area contributed by atoms with Gasteiger partial charge in [0.15, 0.2) is 0 Å². The fourth-order valence-corrected chi connectivity index (χ4v) is 3.41. The minimum Gasteiger partial charge on any atom is -0.368 e. The molecule has 2 aliphatic rings. The highest BCUT2D eigenvalue weighted by Crippen LogP contribution is 2.38. The van der Waals surface area contributed by atoms with Gasteiger partial charge in [-0.2, -0.15) is 9.97 Å². The quantitative estimate of drug-likeness (QED) is 0.536. The van der Waals surface area contributed by atoms with Crippen molar-refractivity contribution in [1.29, 1.82) is 0 Å². The number of hydrogen-bond donors (Lipinski definition) is 3. The Kier molecular flexibility index (Phi) is 2.95. The molecule has 5 N–H and O–H groups in total. The summed E-state index contributed by atoms with van der Waals surface area (Å²) in [5.41, 5.74) is 8.28. The minimum atomic E-state index is 0.278. The van der Waals surface area contributed by atoms with E-state index >= 15 is 0 Å². The van der Waals surface area contributed by atoms with Crippen molar-refractivity contribution in [2.45, 2.75) is 38.1 Å². The molecule has 2 fully saturated rings. The Morgan fingerprint density at radius 2 is 2.06 bits per heavy atom. The van der Waals surface area contributed by atoms with E-state index in [0.29, 0.717) is 11.9 Å². The van der Waals surface area contributed by atoms with Crippen LogP contribution < -0.4 is 21.9 Å². The summed E-state index contributed by atoms with van der Waals surface area (Å²) in [4.78, 5) is 10.8. The van der Waals surface area contributed by atoms with Gasteiger partial charge in [-0.3, -0.25) is 0 Å². The zero-order chi connectivity index (χ0) is 12.5. The lowest BCUT2D eigenvalue weighted by atomic mass is 9.92. The molecule has 1 aromatic heterocycles. The van der Waals surface area contributed by atoms with Crippen molar-refractivity contribution in [3.63, 3.8) is 0 Å². The van der Waals surface area contributed by atoms with Crippen LogP contribution >= 0.6 is 0 Å². The highest BCUT2D eigenvalue weighted by atomic mass is 15.3. The molecule has 1 aliphatic carbocycles. The van der Waals surface area contributed by atoms with Crippen molar-refractivity contribution in [2.75, 3.05) is 22.6 Å². The molecule has 2 atom stereocenters. The van der Waals surface area contributed by atoms with Crippen LogP contribution in [0, 0.1) is 5.92 Å². The standard InChI is InChI=1S/C12H20N6/c13-12-15-10(17-14)7-11(16-12)18-6-2-4-8-3-1-5-9(8)18/h7-9H,1-6,14H2,(H3,13,15,16,17). The van der Waals surface area contributed by atoms with Gasteiger partial charge < -0.3 is 16.1 Å². The molecular formula is C12H20N6. The Balaban J connectivity index is 1.90. The van der Waals surface area contributed by atoms with E-state index in [4.69, 9.17) is 11.6 Å². The lowest BCUT2D eigenvalue weighted by Crippen LogP contribution is -2.43. The molecule has 1 saturated heterocycles. The summed E-state index contributed by atoms with van der Waals surface area (Å²) in [5, 5.41) is 0. The van der Waals surface area contributed by atoms with Gasteiger partial charge in [-0.25, -0.2) is 5.84 Å². The van der Waals surface area contributed by atoms with Gasteiger partial charge in [0.2, 0.25) is 5.95 Å². The Hall–Kier alpha value is -1.56. The Morgan fingerprint density at radius 1 is 1.22 bits per heavy atom. The molecule has 6 heteroatoms. The number of nitrogen functional groups attached to an aromatic ring is 2. The smallest absolute Gasteiger partial charge is 0.223 e. The Morgan fingerprint density at radius 3 is 2.89 bits per heavy atom. The van der Waals surface area contributed by atoms with E-state index < -0.39 is 0 Å². The Bertz CT molecular complexity index is 435. The van der Waals surface area contributed by atoms with Crippen LogP contribution in [0.15, 0.2) is 6.07 Å². The van der Waals surface area contributed by atoms with Crippen LogP contribution in [0.2, 0.25) is 0 Å². The average molecular weight is 248 g/mol. The molecule has 18 heavy (non-hydrogen) atoms. The minimum absolute atomic E-state index is 0.278. The number of nitrogens with zero attached hydrogens (tertiary/aromatic N) is 3. The van der Waals surface area contributed by atoms with E-state index in [-0.39, 0.29) is 5.95 Å². The van der Waals surface area contributed by atoms with Gasteiger partial charge >= 0.3 is 0 Å². The third kappa shape index (κ3) is 1.96. The summed E-state index contributed by atoms with van der Waals surface area (Å²) in [7, 11) is 0. The van der Waals surface area contributed by atoms with Crippen molar-refractivity contribution < 1.29 is 0 Å². The second kappa shape index (κ2) is 4.61. The van der Waals surface area contributed by atoms with Gasteiger partial charge in [0.1, 0.15) is 11.6 Å². The van der Waals surface area contributed by atoms with Crippen LogP contribution in [-0.4, -0.2) is 22.6 Å². The lowest BCUT2D eigenvalue weighted by Gasteiger charge is -2.38. The van der Waals surface area contributed by atoms with Crippen LogP contribution in [0.4, 0.5) is 17.6 Å². The molecule has 3 rings (SSSR count). The first-order valence-electron chi connectivity index (χ1n) is 6.66. The summed E-state index contributed by atoms with van der Waals surface area (Å²) in [6.07, 6.45) is 6.53. The first-order valence-corrected chi connectivity index (χ1v) is 6.66. The number of hydrogen-bond acceptors (Lipinski definition) is 6. The van der Waals surface area contributed by atoms with Crippen LogP contribution in [0.1, 0.15) is 32.1 Å². The molecule has 2 heterocycles. The maximum Gasteiger partial charge on any atom is 0.223 e. The summed E-state index contributed by atoms with van der Waals surface area (Å²) < 4.78 is 0. The third-order valence-corrected chi connectivity index (χ3v) is 4.17. The molecule has 98 valence electrons. The zero-order valence-corrected chi connectivity index (χ0v) is 10.5. The monoisotopic (exact) mass is 248 g/mol. The predicted octanol–water partition coefficient (Wildman–Crippen LogP) is 1.11. The summed E-state index contributed by atoms with van der Waals surface area (Å²) in [6.45, 7) is 1.06. The van der Waals surface area contributed by atoms with E-state index in [1.165, 1.54) is 32.1 Å². The predicted molar refractivity (Wildman–Crippen MR) is 72.0 cm³/mol. The molecule has 0 bridgehead atoms. The molecule has 0 amide bonds. The normalized spacial score (nSPS) is 27.1. The first kappa shape index (κ1) is 11.5. The van der Waals surface area contributed by atoms with Crippen molar-refractivity contribution in [1.82, 2.24) is 9.97 Å². The van der Waals surface area contributed by atoms with Gasteiger partial charge in [-0.15, -0.1) is 0 Å². The largest absolute Gasteiger partial charge is 0.368 e. The van der Waals surface area contributed by atoms with Crippen molar-refractivity contribution in [2.24, 2.45) is 11.8 Å². The van der Waals surface area contributed by atoms with E-state index in [0.717, 1.165) is 18.3 Å². The van der Waals surface area contributed by atoms with Gasteiger partial charge in [0, 0.05) is 18.7 Å². The van der Waals surface area contributed by atoms with Gasteiger partial charge in [0.05, 0.1) is 0 Å². The fourth-order valence-electron chi connectivity index (χ4n) is 3.41. The van der Waals surface area contributed by atoms with Crippen LogP contribution in [0.25, 0.3) is 0 Å². The number of nitrogens with one attached hydrogen (secondary N) is 1. The number of hydrazine groups is 1. The number of piperidine rings is 1. The van der Waals surface area contributed by atoms with Crippen molar-refractivity contribution >= 4 is 17.6 Å². The maximum atomic E-state index is 5.73. The van der Waals surface area contributed by atoms with Crippen LogP contribution in [-0.2, 0) is 0 Å². The van der Waals surface area contributed by atoms with E-state index in [2.05, 4.69) is 20.3 Å². The van der Waals surface area contributed by atoms with E-state index in [9.17, 15) is 0 Å². The van der Waals surface area contributed by atoms with E-state index in [1.807, 2.05) is 6.07 Å². The average Bonchev–Trinajstić information content (AvgIpc) is 2.85. The van der Waals surface area contributed by atoms with Crippen molar-refractivity contribution in [3.05, 3.63) is 6.07 Å². The number of rotatable bonds is 2.